The number of furan rings is 1. The predicted octanol–water partition coefficient (Wildman–Crippen LogP) is 6.39. The van der Waals surface area contributed by atoms with Crippen LogP contribution in [0.3, 0.4) is 0 Å². The maximum atomic E-state index is 13.9. The molecule has 0 spiro atoms. The largest absolute Gasteiger partial charge is 0.467 e. The van der Waals surface area contributed by atoms with Crippen LogP contribution in [0.15, 0.2) is 82.6 Å². The van der Waals surface area contributed by atoms with Gasteiger partial charge in [0.25, 0.3) is 5.91 Å². The molecule has 3 aromatic rings. The van der Waals surface area contributed by atoms with E-state index in [4.69, 9.17) is 16.0 Å². The average Bonchev–Trinajstić information content (AvgIpc) is 3.23. The van der Waals surface area contributed by atoms with Gasteiger partial charge in [0.1, 0.15) is 11.8 Å². The molecule has 1 N–H and O–H groups in total. The van der Waals surface area contributed by atoms with E-state index < -0.39 is 6.04 Å². The van der Waals surface area contributed by atoms with E-state index in [2.05, 4.69) is 19.2 Å². The van der Waals surface area contributed by atoms with Crippen molar-refractivity contribution in [1.82, 2.24) is 0 Å². The number of allylic oxidation sites excluding steroid dienone is 1. The minimum absolute atomic E-state index is 0.0202. The van der Waals surface area contributed by atoms with Gasteiger partial charge >= 0.3 is 0 Å². The number of ketones is 1. The van der Waals surface area contributed by atoms with E-state index in [1.165, 1.54) is 0 Å². The van der Waals surface area contributed by atoms with Crippen LogP contribution in [0.5, 0.6) is 0 Å². The maximum absolute atomic E-state index is 13.9. The Hall–Kier alpha value is -3.31. The number of nitrogens with zero attached hydrogens (tertiary/aromatic N) is 1. The highest BCUT2D eigenvalue weighted by atomic mass is 35.5. The molecule has 2 heterocycles. The lowest BCUT2D eigenvalue weighted by atomic mass is 9.74. The number of hydrogen-bond donors (Lipinski definition) is 1. The second-order valence-corrected chi connectivity index (χ2v) is 9.51. The van der Waals surface area contributed by atoms with Crippen LogP contribution in [-0.2, 0) is 4.79 Å². The van der Waals surface area contributed by atoms with Gasteiger partial charge in [0, 0.05) is 28.3 Å². The number of hydrogen-bond acceptors (Lipinski definition) is 4. The number of amides is 1. The molecule has 2 aliphatic rings. The molecule has 0 radical (unpaired) electrons. The fraction of sp³-hybridized carbons (Fsp3) is 0.231. The highest BCUT2D eigenvalue weighted by Gasteiger charge is 2.44. The third-order valence-corrected chi connectivity index (χ3v) is 6.28. The summed E-state index contributed by atoms with van der Waals surface area (Å²) in [4.78, 5) is 29.1. The molecule has 0 saturated carbocycles. The van der Waals surface area contributed by atoms with Crippen LogP contribution in [0.25, 0.3) is 0 Å². The Morgan fingerprint density at radius 2 is 1.81 bits per heavy atom. The van der Waals surface area contributed by atoms with Crippen LogP contribution >= 0.6 is 11.6 Å². The Morgan fingerprint density at radius 1 is 1.06 bits per heavy atom. The molecule has 6 heteroatoms. The Morgan fingerprint density at radius 3 is 2.53 bits per heavy atom. The van der Waals surface area contributed by atoms with E-state index in [1.54, 1.807) is 41.5 Å². The molecule has 32 heavy (non-hydrogen) atoms. The van der Waals surface area contributed by atoms with Crippen molar-refractivity contribution in [1.29, 1.82) is 0 Å². The van der Waals surface area contributed by atoms with Crippen molar-refractivity contribution in [2.45, 2.75) is 32.7 Å². The quantitative estimate of drug-likeness (QED) is 0.495. The highest BCUT2D eigenvalue weighted by Crippen LogP contribution is 2.48. The first kappa shape index (κ1) is 20.6. The molecule has 162 valence electrons. The molecule has 0 bridgehead atoms. The van der Waals surface area contributed by atoms with E-state index in [-0.39, 0.29) is 17.1 Å². The van der Waals surface area contributed by atoms with E-state index in [9.17, 15) is 9.59 Å². The molecular weight excluding hydrogens is 424 g/mol. The summed E-state index contributed by atoms with van der Waals surface area (Å²) in [5.74, 6) is 0.335. The predicted molar refractivity (Wildman–Crippen MR) is 125 cm³/mol. The SMILES string of the molecule is CC1(C)CC(=O)C2=C(C1)Nc1ccccc1N(C(=O)c1ccc(Cl)cc1)[C@H]2c1ccco1. The summed E-state index contributed by atoms with van der Waals surface area (Å²) in [6.45, 7) is 4.18. The summed E-state index contributed by atoms with van der Waals surface area (Å²) < 4.78 is 5.80. The van der Waals surface area contributed by atoms with Gasteiger partial charge in [-0.2, -0.15) is 0 Å². The lowest BCUT2D eigenvalue weighted by Gasteiger charge is -2.36. The Labute approximate surface area is 191 Å². The summed E-state index contributed by atoms with van der Waals surface area (Å²) in [6.07, 6.45) is 2.68. The molecule has 0 fully saturated rings. The molecule has 1 amide bonds. The van der Waals surface area contributed by atoms with Gasteiger partial charge in [0.15, 0.2) is 5.78 Å². The number of fused-ring (bicyclic) bond motifs is 1. The normalized spacial score (nSPS) is 19.7. The van der Waals surface area contributed by atoms with Crippen molar-refractivity contribution in [2.24, 2.45) is 5.41 Å². The maximum Gasteiger partial charge on any atom is 0.259 e. The molecule has 1 atom stereocenters. The van der Waals surface area contributed by atoms with Gasteiger partial charge in [0.05, 0.1) is 17.6 Å². The van der Waals surface area contributed by atoms with Crippen molar-refractivity contribution in [3.05, 3.63) is 94.5 Å². The van der Waals surface area contributed by atoms with E-state index in [0.717, 1.165) is 11.4 Å². The zero-order valence-corrected chi connectivity index (χ0v) is 18.6. The molecule has 0 unspecified atom stereocenters. The standard InChI is InChI=1S/C26H23ClN2O3/c1-26(2)14-19-23(21(30)15-26)24(22-8-5-13-32-22)29(20-7-4-3-6-18(20)28-19)25(31)16-9-11-17(27)12-10-16/h3-13,24,28H,14-15H2,1-2H3/t24-/m0/s1. The number of rotatable bonds is 2. The summed E-state index contributed by atoms with van der Waals surface area (Å²) in [5, 5.41) is 4.04. The zero-order valence-electron chi connectivity index (χ0n) is 17.9. The van der Waals surface area contributed by atoms with Crippen LogP contribution in [0, 0.1) is 5.41 Å². The molecule has 1 aromatic heterocycles. The summed E-state index contributed by atoms with van der Waals surface area (Å²) >= 11 is 6.05. The van der Waals surface area contributed by atoms with Gasteiger partial charge in [-0.25, -0.2) is 0 Å². The summed E-state index contributed by atoms with van der Waals surface area (Å²) in [7, 11) is 0. The topological polar surface area (TPSA) is 62.6 Å². The van der Waals surface area contributed by atoms with E-state index in [1.807, 2.05) is 30.3 Å². The van der Waals surface area contributed by atoms with Crippen molar-refractivity contribution in [3.63, 3.8) is 0 Å². The number of halogens is 1. The first-order valence-electron chi connectivity index (χ1n) is 10.6. The zero-order chi connectivity index (χ0) is 22.5. The molecule has 1 aliphatic heterocycles. The van der Waals surface area contributed by atoms with Crippen LogP contribution < -0.4 is 10.2 Å². The summed E-state index contributed by atoms with van der Waals surface area (Å²) in [6, 6.07) is 17.3. The molecule has 0 saturated heterocycles. The van der Waals surface area contributed by atoms with Crippen molar-refractivity contribution < 1.29 is 14.0 Å². The number of Topliss-reactive ketones (excluding diaryl/α,β-unsaturated/α-hetero) is 1. The van der Waals surface area contributed by atoms with Gasteiger partial charge in [-0.05, 0) is 60.4 Å². The number of nitrogens with one attached hydrogen (secondary N) is 1. The molecule has 1 aliphatic carbocycles. The second-order valence-electron chi connectivity index (χ2n) is 9.08. The molecule has 2 aromatic carbocycles. The average molecular weight is 447 g/mol. The highest BCUT2D eigenvalue weighted by molar-refractivity contribution is 6.30. The number of carbonyl (C=O) groups is 2. The Kier molecular flexibility index (Phi) is 4.94. The lowest BCUT2D eigenvalue weighted by Crippen LogP contribution is -2.39. The van der Waals surface area contributed by atoms with E-state index >= 15 is 0 Å². The van der Waals surface area contributed by atoms with Gasteiger partial charge < -0.3 is 9.73 Å². The monoisotopic (exact) mass is 446 g/mol. The minimum Gasteiger partial charge on any atom is -0.467 e. The molecule has 5 rings (SSSR count). The number of carbonyl (C=O) groups excluding carboxylic acids is 2. The van der Waals surface area contributed by atoms with Gasteiger partial charge in [0.2, 0.25) is 0 Å². The molecular formula is C26H23ClN2O3. The van der Waals surface area contributed by atoms with Crippen molar-refractivity contribution in [2.75, 3.05) is 10.2 Å². The fourth-order valence-corrected chi connectivity index (χ4v) is 4.78. The number of benzene rings is 2. The van der Waals surface area contributed by atoms with Crippen molar-refractivity contribution >= 4 is 34.7 Å². The third kappa shape index (κ3) is 3.53. The third-order valence-electron chi connectivity index (χ3n) is 6.02. The lowest BCUT2D eigenvalue weighted by molar-refractivity contribution is -0.118. The van der Waals surface area contributed by atoms with Gasteiger partial charge in [-0.15, -0.1) is 0 Å². The van der Waals surface area contributed by atoms with Crippen LogP contribution in [0.1, 0.15) is 48.8 Å². The number of anilines is 2. The first-order valence-corrected chi connectivity index (χ1v) is 11.0. The van der Waals surface area contributed by atoms with Crippen molar-refractivity contribution in [3.8, 4) is 0 Å². The van der Waals surface area contributed by atoms with E-state index in [0.29, 0.717) is 40.4 Å². The second kappa shape index (κ2) is 7.68. The van der Waals surface area contributed by atoms with Gasteiger partial charge in [-0.3, -0.25) is 14.5 Å². The Bertz CT molecular complexity index is 1230. The van der Waals surface area contributed by atoms with Gasteiger partial charge in [-0.1, -0.05) is 37.6 Å². The fourth-order valence-electron chi connectivity index (χ4n) is 4.66. The van der Waals surface area contributed by atoms with Crippen LogP contribution in [0.4, 0.5) is 11.4 Å². The van der Waals surface area contributed by atoms with Crippen LogP contribution in [-0.4, -0.2) is 11.7 Å². The summed E-state index contributed by atoms with van der Waals surface area (Å²) in [5.41, 5.74) is 3.19. The first-order chi connectivity index (χ1) is 15.3. The molecule has 5 nitrogen and oxygen atoms in total. The Balaban J connectivity index is 1.76. The smallest absolute Gasteiger partial charge is 0.259 e. The number of para-hydroxylation sites is 2. The minimum atomic E-state index is -0.678. The van der Waals surface area contributed by atoms with Crippen LogP contribution in [0.2, 0.25) is 5.02 Å².